The second-order valence-electron chi connectivity index (χ2n) is 4.94. The molecule has 0 radical (unpaired) electrons. The van der Waals surface area contributed by atoms with E-state index in [9.17, 15) is 8.78 Å². The highest BCUT2D eigenvalue weighted by Crippen LogP contribution is 2.24. The van der Waals surface area contributed by atoms with Crippen molar-refractivity contribution >= 4 is 41.5 Å². The second kappa shape index (κ2) is 11.1. The average Bonchev–Trinajstić information content (AvgIpc) is 3.04. The van der Waals surface area contributed by atoms with E-state index in [4.69, 9.17) is 11.6 Å². The van der Waals surface area contributed by atoms with Crippen LogP contribution in [0.15, 0.2) is 29.5 Å². The Kier molecular flexibility index (Phi) is 9.55. The van der Waals surface area contributed by atoms with Crippen LogP contribution in [0.5, 0.6) is 5.75 Å². The van der Waals surface area contributed by atoms with Gasteiger partial charge in [-0.2, -0.15) is 8.78 Å². The molecule has 144 valence electrons. The summed E-state index contributed by atoms with van der Waals surface area (Å²) in [5, 5.41) is 14.4. The summed E-state index contributed by atoms with van der Waals surface area (Å²) in [5.74, 6) is 1.30. The van der Waals surface area contributed by atoms with E-state index in [1.165, 1.54) is 12.1 Å². The molecule has 1 aromatic carbocycles. The zero-order valence-corrected chi connectivity index (χ0v) is 17.3. The molecule has 1 aromatic heterocycles. The number of aromatic nitrogens is 3. The standard InChI is InChI=1S/C15H19ClF2N6O.HI/c1-3-24-9-22-23-13(24)8-21-15(19-2)20-7-10-6-11(16)4-5-12(10)25-14(17)18;/h4-6,9,14H,3,7-8H2,1-2H3,(H2,19,20,21);1H. The first kappa shape index (κ1) is 22.4. The molecular formula is C15H20ClF2IN6O. The molecule has 2 rings (SSSR count). The van der Waals surface area contributed by atoms with E-state index in [2.05, 4.69) is 30.6 Å². The first-order valence-corrected chi connectivity index (χ1v) is 7.95. The number of benzene rings is 1. The predicted molar refractivity (Wildman–Crippen MR) is 106 cm³/mol. The molecule has 0 saturated carbocycles. The largest absolute Gasteiger partial charge is 0.434 e. The highest BCUT2D eigenvalue weighted by atomic mass is 127. The fraction of sp³-hybridized carbons (Fsp3) is 0.400. The van der Waals surface area contributed by atoms with E-state index >= 15 is 0 Å². The fourth-order valence-corrected chi connectivity index (χ4v) is 2.33. The van der Waals surface area contributed by atoms with Crippen LogP contribution in [0.1, 0.15) is 18.3 Å². The molecule has 0 bridgehead atoms. The quantitative estimate of drug-likeness (QED) is 0.347. The number of nitrogens with one attached hydrogen (secondary N) is 2. The summed E-state index contributed by atoms with van der Waals surface area (Å²) in [7, 11) is 1.61. The van der Waals surface area contributed by atoms with Crippen LogP contribution in [0, 0.1) is 0 Å². The van der Waals surface area contributed by atoms with Gasteiger partial charge in [0.2, 0.25) is 0 Å². The minimum absolute atomic E-state index is 0. The van der Waals surface area contributed by atoms with Gasteiger partial charge in [-0.15, -0.1) is 34.2 Å². The lowest BCUT2D eigenvalue weighted by molar-refractivity contribution is -0.0504. The lowest BCUT2D eigenvalue weighted by atomic mass is 10.2. The van der Waals surface area contributed by atoms with Crippen LogP contribution in [0.2, 0.25) is 5.02 Å². The van der Waals surface area contributed by atoms with Crippen LogP contribution in [-0.4, -0.2) is 34.4 Å². The predicted octanol–water partition coefficient (Wildman–Crippen LogP) is 3.04. The number of ether oxygens (including phenoxy) is 1. The fourth-order valence-electron chi connectivity index (χ4n) is 2.14. The Morgan fingerprint density at radius 1 is 1.35 bits per heavy atom. The van der Waals surface area contributed by atoms with Gasteiger partial charge in [0, 0.05) is 30.7 Å². The Morgan fingerprint density at radius 3 is 2.73 bits per heavy atom. The molecule has 2 N–H and O–H groups in total. The molecule has 1 heterocycles. The summed E-state index contributed by atoms with van der Waals surface area (Å²) < 4.78 is 31.4. The maximum absolute atomic E-state index is 12.5. The van der Waals surface area contributed by atoms with Crippen molar-refractivity contribution in [3.63, 3.8) is 0 Å². The molecule has 0 aliphatic rings. The van der Waals surface area contributed by atoms with Crippen LogP contribution in [-0.2, 0) is 19.6 Å². The number of hydrogen-bond donors (Lipinski definition) is 2. The van der Waals surface area contributed by atoms with Crippen molar-refractivity contribution in [1.82, 2.24) is 25.4 Å². The van der Waals surface area contributed by atoms with Crippen molar-refractivity contribution < 1.29 is 13.5 Å². The van der Waals surface area contributed by atoms with Crippen LogP contribution in [0.4, 0.5) is 8.78 Å². The Bertz CT molecular complexity index is 728. The van der Waals surface area contributed by atoms with E-state index < -0.39 is 6.61 Å². The minimum Gasteiger partial charge on any atom is -0.434 e. The van der Waals surface area contributed by atoms with Crippen LogP contribution < -0.4 is 15.4 Å². The maximum atomic E-state index is 12.5. The second-order valence-corrected chi connectivity index (χ2v) is 5.38. The number of aryl methyl sites for hydroxylation is 1. The van der Waals surface area contributed by atoms with Gasteiger partial charge in [0.25, 0.3) is 0 Å². The van der Waals surface area contributed by atoms with Gasteiger partial charge in [-0.25, -0.2) is 0 Å². The monoisotopic (exact) mass is 500 g/mol. The summed E-state index contributed by atoms with van der Waals surface area (Å²) in [4.78, 5) is 4.09. The van der Waals surface area contributed by atoms with Crippen LogP contribution in [0.3, 0.4) is 0 Å². The number of nitrogens with zero attached hydrogens (tertiary/aromatic N) is 4. The summed E-state index contributed by atoms with van der Waals surface area (Å²) in [5.41, 5.74) is 0.493. The van der Waals surface area contributed by atoms with Crippen LogP contribution in [0.25, 0.3) is 0 Å². The zero-order valence-electron chi connectivity index (χ0n) is 14.2. The molecule has 0 spiro atoms. The molecule has 0 fully saturated rings. The number of alkyl halides is 2. The first-order chi connectivity index (χ1) is 12.0. The molecule has 0 aliphatic heterocycles. The Hall–Kier alpha value is -1.69. The van der Waals surface area contributed by atoms with E-state index in [0.29, 0.717) is 23.1 Å². The van der Waals surface area contributed by atoms with Crippen molar-refractivity contribution in [2.45, 2.75) is 33.2 Å². The Morgan fingerprint density at radius 2 is 2.08 bits per heavy atom. The van der Waals surface area contributed by atoms with E-state index in [0.717, 1.165) is 12.4 Å². The molecule has 0 aliphatic carbocycles. The molecule has 0 amide bonds. The molecule has 0 saturated heterocycles. The Labute approximate surface area is 172 Å². The molecule has 0 unspecified atom stereocenters. The van der Waals surface area contributed by atoms with E-state index in [1.807, 2.05) is 11.5 Å². The maximum Gasteiger partial charge on any atom is 0.387 e. The molecular weight excluding hydrogens is 481 g/mol. The van der Waals surface area contributed by atoms with Crippen LogP contribution >= 0.6 is 35.6 Å². The zero-order chi connectivity index (χ0) is 18.2. The van der Waals surface area contributed by atoms with Gasteiger partial charge in [0.15, 0.2) is 11.8 Å². The lowest BCUT2D eigenvalue weighted by Gasteiger charge is -2.15. The third-order valence-corrected chi connectivity index (χ3v) is 3.59. The smallest absolute Gasteiger partial charge is 0.387 e. The molecule has 2 aromatic rings. The van der Waals surface area contributed by atoms with Gasteiger partial charge < -0.3 is 19.9 Å². The number of rotatable bonds is 7. The van der Waals surface area contributed by atoms with Crippen molar-refractivity contribution in [3.8, 4) is 5.75 Å². The van der Waals surface area contributed by atoms with Crippen molar-refractivity contribution in [1.29, 1.82) is 0 Å². The highest BCUT2D eigenvalue weighted by molar-refractivity contribution is 14.0. The lowest BCUT2D eigenvalue weighted by Crippen LogP contribution is -2.37. The Balaban J connectivity index is 0.00000338. The van der Waals surface area contributed by atoms with Crippen molar-refractivity contribution in [2.75, 3.05) is 7.05 Å². The summed E-state index contributed by atoms with van der Waals surface area (Å²) >= 11 is 5.93. The third kappa shape index (κ3) is 6.56. The number of guanidine groups is 1. The van der Waals surface area contributed by atoms with Crippen molar-refractivity contribution in [2.24, 2.45) is 4.99 Å². The number of halogens is 4. The average molecular weight is 501 g/mol. The van der Waals surface area contributed by atoms with Gasteiger partial charge >= 0.3 is 6.61 Å². The third-order valence-electron chi connectivity index (χ3n) is 3.36. The summed E-state index contributed by atoms with van der Waals surface area (Å²) in [6.07, 6.45) is 1.65. The summed E-state index contributed by atoms with van der Waals surface area (Å²) in [6.45, 7) is 0.473. The van der Waals surface area contributed by atoms with Gasteiger partial charge in [-0.05, 0) is 25.1 Å². The number of hydrogen-bond acceptors (Lipinski definition) is 4. The first-order valence-electron chi connectivity index (χ1n) is 7.58. The minimum atomic E-state index is -2.90. The summed E-state index contributed by atoms with van der Waals surface area (Å²) in [6, 6.07) is 4.46. The number of aliphatic imine (C=N–C) groups is 1. The van der Waals surface area contributed by atoms with Gasteiger partial charge in [0.1, 0.15) is 12.1 Å². The molecule has 0 atom stereocenters. The normalized spacial score (nSPS) is 11.2. The highest BCUT2D eigenvalue weighted by Gasteiger charge is 2.11. The molecule has 26 heavy (non-hydrogen) atoms. The molecule has 11 heteroatoms. The SMILES string of the molecule is CCn1cnnc1CNC(=NC)NCc1cc(Cl)ccc1OC(F)F.I. The molecule has 7 nitrogen and oxygen atoms in total. The van der Waals surface area contributed by atoms with E-state index in [-0.39, 0.29) is 36.3 Å². The van der Waals surface area contributed by atoms with E-state index in [1.54, 1.807) is 19.4 Å². The van der Waals surface area contributed by atoms with Gasteiger partial charge in [-0.1, -0.05) is 11.6 Å². The topological polar surface area (TPSA) is 76.4 Å². The van der Waals surface area contributed by atoms with Gasteiger partial charge in [0.05, 0.1) is 6.54 Å². The van der Waals surface area contributed by atoms with Crippen molar-refractivity contribution in [3.05, 3.63) is 40.9 Å². The van der Waals surface area contributed by atoms with Gasteiger partial charge in [-0.3, -0.25) is 4.99 Å².